The molecule has 0 spiro atoms. The lowest BCUT2D eigenvalue weighted by Gasteiger charge is -2.26. The molecule has 0 rings (SSSR count). The summed E-state index contributed by atoms with van der Waals surface area (Å²) in [6.45, 7) is 111. The lowest BCUT2D eigenvalue weighted by Crippen LogP contribution is -2.12. The molecule has 0 saturated carbocycles. The third kappa shape index (κ3) is 113. The first-order chi connectivity index (χ1) is 63.8. The fraction of sp³-hybridized carbons (Fsp3) is 1.00. The number of rotatable bonds is 80. The lowest BCUT2D eigenvalue weighted by molar-refractivity contribution is 0.267. The summed E-state index contributed by atoms with van der Waals surface area (Å²) in [7, 11) is 0. The molecule has 0 heteroatoms. The maximum Gasteiger partial charge on any atom is -0.0354 e. The third-order valence-electron chi connectivity index (χ3n) is 35.1. The van der Waals surface area contributed by atoms with Gasteiger partial charge in [0.25, 0.3) is 0 Å². The van der Waals surface area contributed by atoms with Gasteiger partial charge in [0.1, 0.15) is 0 Å². The van der Waals surface area contributed by atoms with Crippen molar-refractivity contribution >= 4 is 0 Å². The van der Waals surface area contributed by atoms with Crippen LogP contribution >= 0.6 is 0 Å². The molecule has 0 aliphatic carbocycles. The molecule has 0 aliphatic rings. The van der Waals surface area contributed by atoms with Gasteiger partial charge in [0.15, 0.2) is 0 Å². The van der Waals surface area contributed by atoms with Gasteiger partial charge in [-0.25, -0.2) is 0 Å². The summed E-state index contributed by atoms with van der Waals surface area (Å²) in [5, 5.41) is 0. The van der Waals surface area contributed by atoms with Gasteiger partial charge in [0.05, 0.1) is 0 Å². The molecule has 0 nitrogen and oxygen atoms in total. The average molecular weight is 1920 g/mol. The molecule has 14 unspecified atom stereocenters. The van der Waals surface area contributed by atoms with Crippen molar-refractivity contribution in [3.05, 3.63) is 0 Å². The first kappa shape index (κ1) is 151. The van der Waals surface area contributed by atoms with Crippen molar-refractivity contribution in [3.8, 4) is 0 Å². The molecule has 0 bridgehead atoms. The summed E-state index contributed by atoms with van der Waals surface area (Å²) < 4.78 is 0. The van der Waals surface area contributed by atoms with Crippen LogP contribution in [0.4, 0.5) is 0 Å². The Balaban J connectivity index is -0.000000229. The van der Waals surface area contributed by atoms with Crippen molar-refractivity contribution in [1.29, 1.82) is 0 Å². The van der Waals surface area contributed by atoms with Crippen LogP contribution in [0.2, 0.25) is 0 Å². The second-order valence-corrected chi connectivity index (χ2v) is 53.7. The molecule has 0 aromatic heterocycles. The Morgan fingerprint density at radius 1 is 0.147 bits per heavy atom. The van der Waals surface area contributed by atoms with Gasteiger partial charge in [-0.3, -0.25) is 0 Å². The highest BCUT2D eigenvalue weighted by atomic mass is 14.3. The summed E-state index contributed by atoms with van der Waals surface area (Å²) in [5.41, 5.74) is 1.09. The molecule has 136 heavy (non-hydrogen) atoms. The minimum atomic E-state index is 0.523. The Morgan fingerprint density at radius 3 is 0.669 bits per heavy atom. The van der Waals surface area contributed by atoms with Crippen LogP contribution in [0.25, 0.3) is 0 Å². The molecule has 0 radical (unpaired) electrons. The van der Waals surface area contributed by atoms with E-state index in [0.717, 1.165) is 160 Å². The first-order valence-electron chi connectivity index (χ1n) is 63.8. The van der Waals surface area contributed by atoms with Gasteiger partial charge < -0.3 is 0 Å². The zero-order chi connectivity index (χ0) is 106. The van der Waals surface area contributed by atoms with Gasteiger partial charge in [0.2, 0.25) is 0 Å². The Labute approximate surface area is 875 Å². The van der Waals surface area contributed by atoms with E-state index in [1.165, 1.54) is 385 Å². The predicted molar refractivity (Wildman–Crippen MR) is 643 cm³/mol. The van der Waals surface area contributed by atoms with Crippen molar-refractivity contribution in [2.75, 3.05) is 0 Å². The minimum Gasteiger partial charge on any atom is -0.0654 e. The van der Waals surface area contributed by atoms with Crippen LogP contribution in [0.3, 0.4) is 0 Å². The van der Waals surface area contributed by atoms with Crippen molar-refractivity contribution in [1.82, 2.24) is 0 Å². The maximum absolute atomic E-state index is 2.46. The SMILES string of the molecule is CCC(C)CCCC(CC)CCC(C)C(C)C.CCC(C)CCCC(CCCC(C)C)C(C)C.CCC(CC)CCC(C)C(C)CCCC(C)C.CCC(CC)CCCC(C)(C)CCCC(C)C.CCC(CC)CCCC(C)CCC(C)C(C)C.CCC(CC)CCCC(C)CCCC(C)(C)C.CCC(CCCC(C)C)CCCC(C)C(C)C.CCCC(C)CCCC(CC)CCCC(C)C. The van der Waals surface area contributed by atoms with E-state index in [9.17, 15) is 0 Å². The van der Waals surface area contributed by atoms with E-state index >= 15 is 0 Å². The molecule has 0 amide bonds. The summed E-state index contributed by atoms with van der Waals surface area (Å²) in [6, 6.07) is 0. The Bertz CT molecular complexity index is 2160. The molecular weight excluding hydrogens is 1630 g/mol. The topological polar surface area (TPSA) is 0 Å². The summed E-state index contributed by atoms with van der Waals surface area (Å²) in [5.74, 6) is 24.9. The van der Waals surface area contributed by atoms with Crippen molar-refractivity contribution in [2.45, 2.75) is 711 Å². The largest absolute Gasteiger partial charge is 0.0654 e. The van der Waals surface area contributed by atoms with E-state index in [0.29, 0.717) is 10.8 Å². The number of hydrogen-bond acceptors (Lipinski definition) is 0. The van der Waals surface area contributed by atoms with Gasteiger partial charge in [-0.1, -0.05) is 691 Å². The Kier molecular flexibility index (Phi) is 115. The zero-order valence-corrected chi connectivity index (χ0v) is 106. The molecule has 0 saturated heterocycles. The summed E-state index contributed by atoms with van der Waals surface area (Å²) >= 11 is 0. The third-order valence-corrected chi connectivity index (χ3v) is 35.1. The minimum absolute atomic E-state index is 0.523. The van der Waals surface area contributed by atoms with Crippen LogP contribution in [-0.2, 0) is 0 Å². The second kappa shape index (κ2) is 104. The van der Waals surface area contributed by atoms with Gasteiger partial charge in [0, 0.05) is 0 Å². The molecule has 0 aromatic rings. The van der Waals surface area contributed by atoms with Crippen molar-refractivity contribution in [2.24, 2.45) is 171 Å². The molecular formula is C136H288. The normalized spacial score (nSPS) is 15.2. The predicted octanol–water partition coefficient (Wildman–Crippen LogP) is 50.8. The first-order valence-corrected chi connectivity index (χ1v) is 63.8. The maximum atomic E-state index is 2.46. The standard InChI is InChI=1S/8C17H36/c1-7-17(12-8-10-14(2)3)13-9-11-16(6)15(4)5;1-7-16(6)11-9-13-17(15(4)5)12-8-10-14(2)3;1-7-16(8-2)13-9-11-15(3)12-10-14-17(4,5)6;1-7-16(8-2)12-10-14-17(5,6)13-9-11-15(3)4;1-7-17(8-2)11-9-10-15(5)12-13-16(6)14(3)4;1-7-15(5)10-9-11-17(8-2)13-12-16(6)14(3)4;1-7-17(8-2)13-12-16(6)15(5)11-9-10-14(3)4;1-6-10-16(5)12-9-14-17(7-2)13-8-11-15(3)4/h2*14-17H,7-13H2,1-6H3;2*15-16H,7-14H2,1-6H3;3*14-17H,7-13H2,1-6H3;15-17H,6-14H2,1-5H3. The fourth-order valence-electron chi connectivity index (χ4n) is 20.4. The molecule has 14 atom stereocenters. The lowest BCUT2D eigenvalue weighted by atomic mass is 9.80. The van der Waals surface area contributed by atoms with Crippen LogP contribution in [0.15, 0.2) is 0 Å². The van der Waals surface area contributed by atoms with E-state index in [2.05, 4.69) is 325 Å². The Morgan fingerprint density at radius 2 is 0.353 bits per heavy atom. The van der Waals surface area contributed by atoms with Gasteiger partial charge in [-0.15, -0.1) is 0 Å². The van der Waals surface area contributed by atoms with Crippen molar-refractivity contribution in [3.63, 3.8) is 0 Å². The number of hydrogen-bond donors (Lipinski definition) is 0. The Hall–Kier alpha value is 0. The molecule has 0 aromatic carbocycles. The van der Waals surface area contributed by atoms with Crippen LogP contribution < -0.4 is 0 Å². The second-order valence-electron chi connectivity index (χ2n) is 53.7. The molecule has 0 heterocycles. The van der Waals surface area contributed by atoms with E-state index in [1.54, 1.807) is 0 Å². The van der Waals surface area contributed by atoms with E-state index in [4.69, 9.17) is 0 Å². The summed E-state index contributed by atoms with van der Waals surface area (Å²) in [6.07, 6.45) is 85.3. The van der Waals surface area contributed by atoms with Gasteiger partial charge in [-0.2, -0.15) is 0 Å². The highest BCUT2D eigenvalue weighted by Gasteiger charge is 2.22. The van der Waals surface area contributed by atoms with Crippen LogP contribution in [0.1, 0.15) is 711 Å². The molecule has 832 valence electrons. The van der Waals surface area contributed by atoms with Crippen LogP contribution in [0.5, 0.6) is 0 Å². The van der Waals surface area contributed by atoms with Crippen LogP contribution in [0, 0.1) is 171 Å². The van der Waals surface area contributed by atoms with Crippen LogP contribution in [-0.4, -0.2) is 0 Å². The van der Waals surface area contributed by atoms with Gasteiger partial charge in [-0.05, 0) is 190 Å². The monoisotopic (exact) mass is 1920 g/mol. The van der Waals surface area contributed by atoms with E-state index in [-0.39, 0.29) is 0 Å². The smallest absolute Gasteiger partial charge is 0.0354 e. The molecule has 0 fully saturated rings. The molecule has 0 aliphatic heterocycles. The molecule has 0 N–H and O–H groups in total. The quantitative estimate of drug-likeness (QED) is 0.0569. The summed E-state index contributed by atoms with van der Waals surface area (Å²) in [4.78, 5) is 0. The highest BCUT2D eigenvalue weighted by molar-refractivity contribution is 4.75. The average Bonchev–Trinajstić information content (AvgIpc) is 0.928. The van der Waals surface area contributed by atoms with Crippen molar-refractivity contribution < 1.29 is 0 Å². The van der Waals surface area contributed by atoms with E-state index in [1.807, 2.05) is 0 Å². The highest BCUT2D eigenvalue weighted by Crippen LogP contribution is 2.36. The van der Waals surface area contributed by atoms with E-state index < -0.39 is 0 Å². The zero-order valence-electron chi connectivity index (χ0n) is 106. The fourth-order valence-corrected chi connectivity index (χ4v) is 20.4. The van der Waals surface area contributed by atoms with Gasteiger partial charge >= 0.3 is 0 Å².